The van der Waals surface area contributed by atoms with Crippen molar-refractivity contribution in [3.05, 3.63) is 47.8 Å². The Morgan fingerprint density at radius 1 is 1.03 bits per heavy atom. The lowest BCUT2D eigenvalue weighted by molar-refractivity contribution is 0.264. The number of nitrogens with two attached hydrogens (primary N) is 1. The monoisotopic (exact) mass is 509 g/mol. The molecule has 1 saturated heterocycles. The van der Waals surface area contributed by atoms with Crippen LogP contribution in [0.5, 0.6) is 0 Å². The smallest absolute Gasteiger partial charge is 0.225 e. The summed E-state index contributed by atoms with van der Waals surface area (Å²) < 4.78 is 0. The summed E-state index contributed by atoms with van der Waals surface area (Å²) in [6.45, 7) is 9.76. The highest BCUT2D eigenvalue weighted by atomic mass is 127. The van der Waals surface area contributed by atoms with Gasteiger partial charge in [-0.05, 0) is 30.0 Å². The fraction of sp³-hybridized carbons (Fsp3) is 0.476. The van der Waals surface area contributed by atoms with Gasteiger partial charge in [-0.25, -0.2) is 9.97 Å². The van der Waals surface area contributed by atoms with Crippen molar-refractivity contribution in [1.29, 1.82) is 0 Å². The molecular formula is C21H32IN7. The second-order valence-corrected chi connectivity index (χ2v) is 6.93. The second-order valence-electron chi connectivity index (χ2n) is 6.93. The van der Waals surface area contributed by atoms with Gasteiger partial charge in [0.25, 0.3) is 0 Å². The van der Waals surface area contributed by atoms with E-state index in [9.17, 15) is 0 Å². The molecule has 1 aliphatic heterocycles. The summed E-state index contributed by atoms with van der Waals surface area (Å²) in [6.07, 6.45) is 5.53. The van der Waals surface area contributed by atoms with Crippen LogP contribution < -0.4 is 16.0 Å². The lowest BCUT2D eigenvalue weighted by Crippen LogP contribution is -2.47. The fourth-order valence-corrected chi connectivity index (χ4v) is 3.51. The van der Waals surface area contributed by atoms with Crippen LogP contribution in [0.1, 0.15) is 25.0 Å². The average Bonchev–Trinajstić information content (AvgIpc) is 2.75. The van der Waals surface area contributed by atoms with Crippen LogP contribution in [-0.4, -0.2) is 60.1 Å². The van der Waals surface area contributed by atoms with E-state index in [4.69, 9.17) is 5.73 Å². The standard InChI is InChI=1S/C21H31N7.HI/c1-3-17-7-5-8-18(4-2)19(17)26-20(22)23-11-12-27-13-15-28(16-14-27)21-24-9-6-10-25-21;/h5-10H,3-4,11-16H2,1-2H3,(H3,22,23,26);1H. The largest absolute Gasteiger partial charge is 0.370 e. The van der Waals surface area contributed by atoms with Crippen molar-refractivity contribution in [2.45, 2.75) is 26.7 Å². The Labute approximate surface area is 190 Å². The fourth-order valence-electron chi connectivity index (χ4n) is 3.51. The summed E-state index contributed by atoms with van der Waals surface area (Å²) in [5.74, 6) is 1.31. The van der Waals surface area contributed by atoms with E-state index < -0.39 is 0 Å². The zero-order valence-electron chi connectivity index (χ0n) is 17.3. The summed E-state index contributed by atoms with van der Waals surface area (Å²) in [7, 11) is 0. The number of guanidine groups is 1. The lowest BCUT2D eigenvalue weighted by atomic mass is 10.0. The van der Waals surface area contributed by atoms with Crippen LogP contribution in [-0.2, 0) is 12.8 Å². The van der Waals surface area contributed by atoms with Crippen LogP contribution in [0.4, 0.5) is 11.6 Å². The molecule has 0 saturated carbocycles. The minimum Gasteiger partial charge on any atom is -0.370 e. The Morgan fingerprint density at radius 2 is 1.66 bits per heavy atom. The highest BCUT2D eigenvalue weighted by Gasteiger charge is 2.18. The first-order valence-electron chi connectivity index (χ1n) is 10.1. The molecule has 7 nitrogen and oxygen atoms in total. The Kier molecular flexibility index (Phi) is 9.59. The molecule has 1 aromatic carbocycles. The number of hydrogen-bond donors (Lipinski definition) is 2. The molecule has 0 amide bonds. The molecule has 0 bridgehead atoms. The highest BCUT2D eigenvalue weighted by Crippen LogP contribution is 2.22. The van der Waals surface area contributed by atoms with Crippen molar-refractivity contribution < 1.29 is 0 Å². The van der Waals surface area contributed by atoms with Crippen LogP contribution in [0.25, 0.3) is 0 Å². The minimum atomic E-state index is 0. The lowest BCUT2D eigenvalue weighted by Gasteiger charge is -2.34. The molecular weight excluding hydrogens is 477 g/mol. The number of para-hydroxylation sites is 1. The molecule has 2 heterocycles. The molecule has 3 N–H and O–H groups in total. The SMILES string of the molecule is CCc1cccc(CC)c1NC(N)=NCCN1CCN(c2ncccn2)CC1.I. The van der Waals surface area contributed by atoms with Gasteiger partial charge < -0.3 is 16.0 Å². The number of hydrogen-bond acceptors (Lipinski definition) is 5. The molecule has 1 aromatic heterocycles. The molecule has 2 aromatic rings. The van der Waals surface area contributed by atoms with Gasteiger partial charge in [-0.1, -0.05) is 32.0 Å². The van der Waals surface area contributed by atoms with E-state index in [1.54, 1.807) is 12.4 Å². The average molecular weight is 509 g/mol. The molecule has 0 spiro atoms. The molecule has 158 valence electrons. The summed E-state index contributed by atoms with van der Waals surface area (Å²) in [6, 6.07) is 8.24. The normalized spacial score (nSPS) is 15.1. The van der Waals surface area contributed by atoms with E-state index in [2.05, 4.69) is 62.1 Å². The third-order valence-electron chi connectivity index (χ3n) is 5.16. The summed E-state index contributed by atoms with van der Waals surface area (Å²) in [4.78, 5) is 17.8. The van der Waals surface area contributed by atoms with Crippen molar-refractivity contribution >= 4 is 41.6 Å². The van der Waals surface area contributed by atoms with Crippen LogP contribution >= 0.6 is 24.0 Å². The Morgan fingerprint density at radius 3 is 2.24 bits per heavy atom. The Hall–Kier alpha value is -1.94. The first-order valence-corrected chi connectivity index (χ1v) is 10.1. The van der Waals surface area contributed by atoms with E-state index in [1.165, 1.54) is 11.1 Å². The number of piperazine rings is 1. The Balaban J connectivity index is 0.00000300. The number of rotatable bonds is 7. The highest BCUT2D eigenvalue weighted by molar-refractivity contribution is 14.0. The quantitative estimate of drug-likeness (QED) is 0.340. The molecule has 3 rings (SSSR count). The van der Waals surface area contributed by atoms with Gasteiger partial charge in [0, 0.05) is 50.8 Å². The van der Waals surface area contributed by atoms with Gasteiger partial charge in [0.05, 0.1) is 6.54 Å². The molecule has 8 heteroatoms. The van der Waals surface area contributed by atoms with Gasteiger partial charge >= 0.3 is 0 Å². The van der Waals surface area contributed by atoms with E-state index in [0.29, 0.717) is 12.5 Å². The van der Waals surface area contributed by atoms with Gasteiger partial charge in [-0.2, -0.15) is 0 Å². The first kappa shape index (κ1) is 23.3. The number of aromatic nitrogens is 2. The maximum absolute atomic E-state index is 6.16. The van der Waals surface area contributed by atoms with Crippen molar-refractivity contribution in [3.63, 3.8) is 0 Å². The van der Waals surface area contributed by atoms with Crippen molar-refractivity contribution in [2.24, 2.45) is 10.7 Å². The Bertz CT molecular complexity index is 752. The molecule has 1 fully saturated rings. The van der Waals surface area contributed by atoms with Crippen molar-refractivity contribution in [3.8, 4) is 0 Å². The van der Waals surface area contributed by atoms with E-state index >= 15 is 0 Å². The minimum absolute atomic E-state index is 0. The summed E-state index contributed by atoms with van der Waals surface area (Å²) in [5.41, 5.74) is 9.83. The summed E-state index contributed by atoms with van der Waals surface area (Å²) in [5, 5.41) is 3.33. The van der Waals surface area contributed by atoms with E-state index in [1.807, 2.05) is 6.07 Å². The van der Waals surface area contributed by atoms with Crippen LogP contribution in [0.15, 0.2) is 41.7 Å². The maximum Gasteiger partial charge on any atom is 0.225 e. The number of nitrogens with one attached hydrogen (secondary N) is 1. The first-order chi connectivity index (χ1) is 13.7. The van der Waals surface area contributed by atoms with Gasteiger partial charge in [0.1, 0.15) is 0 Å². The van der Waals surface area contributed by atoms with E-state index in [-0.39, 0.29) is 24.0 Å². The zero-order chi connectivity index (χ0) is 19.8. The van der Waals surface area contributed by atoms with Crippen LogP contribution in [0, 0.1) is 0 Å². The van der Waals surface area contributed by atoms with Gasteiger partial charge in [-0.3, -0.25) is 9.89 Å². The third kappa shape index (κ3) is 6.53. The number of benzene rings is 1. The molecule has 0 radical (unpaired) electrons. The number of aryl methyl sites for hydroxylation is 2. The summed E-state index contributed by atoms with van der Waals surface area (Å²) >= 11 is 0. The molecule has 1 aliphatic rings. The van der Waals surface area contributed by atoms with Crippen LogP contribution in [0.2, 0.25) is 0 Å². The maximum atomic E-state index is 6.16. The van der Waals surface area contributed by atoms with Crippen LogP contribution in [0.3, 0.4) is 0 Å². The zero-order valence-corrected chi connectivity index (χ0v) is 19.7. The predicted molar refractivity (Wildman–Crippen MR) is 131 cm³/mol. The number of aliphatic imine (C=N–C) groups is 1. The predicted octanol–water partition coefficient (Wildman–Crippen LogP) is 2.77. The van der Waals surface area contributed by atoms with Crippen molar-refractivity contribution in [2.75, 3.05) is 49.5 Å². The molecule has 29 heavy (non-hydrogen) atoms. The van der Waals surface area contributed by atoms with Gasteiger partial charge in [0.2, 0.25) is 5.95 Å². The van der Waals surface area contributed by atoms with Gasteiger partial charge in [-0.15, -0.1) is 24.0 Å². The van der Waals surface area contributed by atoms with Gasteiger partial charge in [0.15, 0.2) is 5.96 Å². The number of anilines is 2. The van der Waals surface area contributed by atoms with E-state index in [0.717, 1.165) is 57.2 Å². The molecule has 0 atom stereocenters. The van der Waals surface area contributed by atoms with Crippen molar-refractivity contribution in [1.82, 2.24) is 14.9 Å². The molecule has 0 aliphatic carbocycles. The topological polar surface area (TPSA) is 82.7 Å². The number of nitrogens with zero attached hydrogens (tertiary/aromatic N) is 5. The second kappa shape index (κ2) is 11.9. The number of halogens is 1. The molecule has 0 unspecified atom stereocenters. The third-order valence-corrected chi connectivity index (χ3v) is 5.16.